The molecule has 4 nitrogen and oxygen atoms in total. The maximum absolute atomic E-state index is 12.2. The molecule has 1 fully saturated rings. The Bertz CT molecular complexity index is 389. The van der Waals surface area contributed by atoms with Gasteiger partial charge in [-0.2, -0.15) is 0 Å². The van der Waals surface area contributed by atoms with Gasteiger partial charge < -0.3 is 15.0 Å². The average molecular weight is 234 g/mol. The second-order valence-corrected chi connectivity index (χ2v) is 4.33. The number of benzene rings is 1. The van der Waals surface area contributed by atoms with E-state index in [1.165, 1.54) is 0 Å². The number of amides is 1. The molecular formula is C13H18N2O2. The Morgan fingerprint density at radius 3 is 2.71 bits per heavy atom. The summed E-state index contributed by atoms with van der Waals surface area (Å²) >= 11 is 0. The summed E-state index contributed by atoms with van der Waals surface area (Å²) < 4.78 is 5.08. The van der Waals surface area contributed by atoms with Crippen LogP contribution in [0.2, 0.25) is 0 Å². The molecule has 1 aliphatic rings. The van der Waals surface area contributed by atoms with Crippen molar-refractivity contribution in [3.8, 4) is 5.75 Å². The third kappa shape index (κ3) is 2.77. The van der Waals surface area contributed by atoms with Crippen molar-refractivity contribution in [2.75, 3.05) is 26.7 Å². The molecular weight excluding hydrogens is 216 g/mol. The number of hydrogen-bond donors (Lipinski definition) is 1. The maximum atomic E-state index is 12.2. The normalized spacial score (nSPS) is 20.1. The lowest BCUT2D eigenvalue weighted by Crippen LogP contribution is -2.51. The van der Waals surface area contributed by atoms with Gasteiger partial charge in [0.25, 0.3) is 5.91 Å². The van der Waals surface area contributed by atoms with E-state index < -0.39 is 0 Å². The zero-order valence-corrected chi connectivity index (χ0v) is 10.3. The van der Waals surface area contributed by atoms with Gasteiger partial charge in [-0.25, -0.2) is 0 Å². The quantitative estimate of drug-likeness (QED) is 0.834. The molecule has 1 aromatic rings. The van der Waals surface area contributed by atoms with Crippen LogP contribution in [0.5, 0.6) is 5.75 Å². The highest BCUT2D eigenvalue weighted by Gasteiger charge is 2.21. The van der Waals surface area contributed by atoms with Gasteiger partial charge in [0, 0.05) is 31.2 Å². The number of carbonyl (C=O) groups excluding carboxylic acids is 1. The third-order valence-electron chi connectivity index (χ3n) is 2.99. The molecule has 1 atom stereocenters. The average Bonchev–Trinajstić information content (AvgIpc) is 2.38. The summed E-state index contributed by atoms with van der Waals surface area (Å²) in [5, 5.41) is 3.32. The van der Waals surface area contributed by atoms with E-state index in [0.717, 1.165) is 30.9 Å². The smallest absolute Gasteiger partial charge is 0.253 e. The lowest BCUT2D eigenvalue weighted by Gasteiger charge is -2.32. The van der Waals surface area contributed by atoms with Crippen LogP contribution >= 0.6 is 0 Å². The highest BCUT2D eigenvalue weighted by molar-refractivity contribution is 5.94. The molecule has 0 saturated carbocycles. The van der Waals surface area contributed by atoms with Crippen molar-refractivity contribution in [2.45, 2.75) is 13.0 Å². The summed E-state index contributed by atoms with van der Waals surface area (Å²) in [7, 11) is 1.62. The Balaban J connectivity index is 2.07. The van der Waals surface area contributed by atoms with Crippen LogP contribution in [0.4, 0.5) is 0 Å². The third-order valence-corrected chi connectivity index (χ3v) is 2.99. The summed E-state index contributed by atoms with van der Waals surface area (Å²) in [4.78, 5) is 14.1. The van der Waals surface area contributed by atoms with Gasteiger partial charge in [-0.05, 0) is 31.2 Å². The van der Waals surface area contributed by atoms with Crippen molar-refractivity contribution < 1.29 is 9.53 Å². The van der Waals surface area contributed by atoms with Crippen LogP contribution in [-0.2, 0) is 0 Å². The standard InChI is InChI=1S/C13H18N2O2/c1-10-9-15(8-7-14-10)13(16)11-3-5-12(17-2)6-4-11/h3-6,10,14H,7-9H2,1-2H3/t10-/m1/s1. The lowest BCUT2D eigenvalue weighted by molar-refractivity contribution is 0.0709. The van der Waals surface area contributed by atoms with E-state index in [1.54, 1.807) is 7.11 Å². The molecule has 0 bridgehead atoms. The first-order valence-electron chi connectivity index (χ1n) is 5.87. The minimum atomic E-state index is 0.0982. The van der Waals surface area contributed by atoms with E-state index in [4.69, 9.17) is 4.74 Å². The Hall–Kier alpha value is -1.55. The van der Waals surface area contributed by atoms with Gasteiger partial charge >= 0.3 is 0 Å². The second kappa shape index (κ2) is 5.19. The molecule has 1 aliphatic heterocycles. The SMILES string of the molecule is COc1ccc(C(=O)N2CCN[C@H](C)C2)cc1. The molecule has 1 saturated heterocycles. The van der Waals surface area contributed by atoms with E-state index >= 15 is 0 Å². The fourth-order valence-corrected chi connectivity index (χ4v) is 2.03. The van der Waals surface area contributed by atoms with Gasteiger partial charge in [0.2, 0.25) is 0 Å². The van der Waals surface area contributed by atoms with Crippen molar-refractivity contribution >= 4 is 5.91 Å². The summed E-state index contributed by atoms with van der Waals surface area (Å²) in [6, 6.07) is 7.63. The molecule has 4 heteroatoms. The summed E-state index contributed by atoms with van der Waals surface area (Å²) in [5.74, 6) is 0.872. The first kappa shape index (κ1) is 11.9. The van der Waals surface area contributed by atoms with Gasteiger partial charge in [-0.15, -0.1) is 0 Å². The topological polar surface area (TPSA) is 41.6 Å². The van der Waals surface area contributed by atoms with Crippen LogP contribution in [-0.4, -0.2) is 43.6 Å². The van der Waals surface area contributed by atoms with Crippen LogP contribution in [0.15, 0.2) is 24.3 Å². The molecule has 17 heavy (non-hydrogen) atoms. The Morgan fingerprint density at radius 2 is 2.12 bits per heavy atom. The minimum absolute atomic E-state index is 0.0982. The number of rotatable bonds is 2. The predicted molar refractivity (Wildman–Crippen MR) is 66.4 cm³/mol. The fraction of sp³-hybridized carbons (Fsp3) is 0.462. The van der Waals surface area contributed by atoms with Gasteiger partial charge in [0.1, 0.15) is 5.75 Å². The molecule has 92 valence electrons. The van der Waals surface area contributed by atoms with Gasteiger partial charge in [-0.3, -0.25) is 4.79 Å². The lowest BCUT2D eigenvalue weighted by atomic mass is 10.1. The van der Waals surface area contributed by atoms with Crippen LogP contribution in [0.25, 0.3) is 0 Å². The molecule has 1 aromatic carbocycles. The molecule has 1 heterocycles. The van der Waals surface area contributed by atoms with E-state index in [-0.39, 0.29) is 5.91 Å². The largest absolute Gasteiger partial charge is 0.497 e. The number of piperazine rings is 1. The number of hydrogen-bond acceptors (Lipinski definition) is 3. The highest BCUT2D eigenvalue weighted by atomic mass is 16.5. The molecule has 0 aromatic heterocycles. The first-order chi connectivity index (χ1) is 8.20. The van der Waals surface area contributed by atoms with E-state index in [0.29, 0.717) is 6.04 Å². The molecule has 0 unspecified atom stereocenters. The number of nitrogens with zero attached hydrogens (tertiary/aromatic N) is 1. The number of nitrogens with one attached hydrogen (secondary N) is 1. The Morgan fingerprint density at radius 1 is 1.41 bits per heavy atom. The number of ether oxygens (including phenoxy) is 1. The zero-order valence-electron chi connectivity index (χ0n) is 10.3. The number of carbonyl (C=O) groups is 1. The van der Waals surface area contributed by atoms with Crippen molar-refractivity contribution in [1.29, 1.82) is 0 Å². The van der Waals surface area contributed by atoms with Gasteiger partial charge in [-0.1, -0.05) is 0 Å². The van der Waals surface area contributed by atoms with Crippen LogP contribution in [0, 0.1) is 0 Å². The van der Waals surface area contributed by atoms with Crippen LogP contribution < -0.4 is 10.1 Å². The first-order valence-corrected chi connectivity index (χ1v) is 5.87. The zero-order chi connectivity index (χ0) is 12.3. The van der Waals surface area contributed by atoms with Crippen LogP contribution in [0.3, 0.4) is 0 Å². The second-order valence-electron chi connectivity index (χ2n) is 4.33. The molecule has 0 aliphatic carbocycles. The molecule has 1 N–H and O–H groups in total. The molecule has 0 spiro atoms. The van der Waals surface area contributed by atoms with Crippen molar-refractivity contribution in [3.63, 3.8) is 0 Å². The van der Waals surface area contributed by atoms with Crippen molar-refractivity contribution in [3.05, 3.63) is 29.8 Å². The predicted octanol–water partition coefficient (Wildman–Crippen LogP) is 1.13. The molecule has 1 amide bonds. The van der Waals surface area contributed by atoms with E-state index in [1.807, 2.05) is 29.2 Å². The highest BCUT2D eigenvalue weighted by Crippen LogP contribution is 2.13. The van der Waals surface area contributed by atoms with Crippen molar-refractivity contribution in [2.24, 2.45) is 0 Å². The Kier molecular flexibility index (Phi) is 3.64. The van der Waals surface area contributed by atoms with Crippen LogP contribution in [0.1, 0.15) is 17.3 Å². The van der Waals surface area contributed by atoms with Gasteiger partial charge in [0.05, 0.1) is 7.11 Å². The molecule has 2 rings (SSSR count). The van der Waals surface area contributed by atoms with E-state index in [2.05, 4.69) is 12.2 Å². The van der Waals surface area contributed by atoms with E-state index in [9.17, 15) is 4.79 Å². The maximum Gasteiger partial charge on any atom is 0.253 e. The molecule has 0 radical (unpaired) electrons. The fourth-order valence-electron chi connectivity index (χ4n) is 2.03. The number of methoxy groups -OCH3 is 1. The Labute approximate surface area is 102 Å². The summed E-state index contributed by atoms with van der Waals surface area (Å²) in [6.45, 7) is 4.50. The monoisotopic (exact) mass is 234 g/mol. The van der Waals surface area contributed by atoms with Gasteiger partial charge in [0.15, 0.2) is 0 Å². The summed E-state index contributed by atoms with van der Waals surface area (Å²) in [5.41, 5.74) is 0.722. The summed E-state index contributed by atoms with van der Waals surface area (Å²) in [6.07, 6.45) is 0. The van der Waals surface area contributed by atoms with Crippen molar-refractivity contribution in [1.82, 2.24) is 10.2 Å². The minimum Gasteiger partial charge on any atom is -0.497 e.